The van der Waals surface area contributed by atoms with E-state index < -0.39 is 70.6 Å². The van der Waals surface area contributed by atoms with E-state index in [4.69, 9.17) is 11.6 Å². The maximum atomic E-state index is 14.5. The molecular formula is C58H65ClF4N8O7S3. The fourth-order valence-corrected chi connectivity index (χ4v) is 13.9. The van der Waals surface area contributed by atoms with Crippen LogP contribution < -0.4 is 25.2 Å². The maximum Gasteiger partial charge on any atom is 0.501 e. The molecule has 1 atom stereocenters. The van der Waals surface area contributed by atoms with Crippen LogP contribution in [0.1, 0.15) is 67.4 Å². The highest BCUT2D eigenvalue weighted by Gasteiger charge is 2.48. The minimum atomic E-state index is -6.15. The number of hydrogen-bond donors (Lipinski definition) is 3. The normalized spacial score (nSPS) is 18.4. The molecule has 81 heavy (non-hydrogen) atoms. The largest absolute Gasteiger partial charge is 0.501 e. The molecule has 3 N–H and O–H groups in total. The number of allylic oxidation sites excluding steroid dienone is 1. The van der Waals surface area contributed by atoms with Gasteiger partial charge in [0.05, 0.1) is 16.3 Å². The number of anilines is 3. The quantitative estimate of drug-likeness (QED) is 0.0528. The van der Waals surface area contributed by atoms with Crippen LogP contribution in [0.5, 0.6) is 0 Å². The van der Waals surface area contributed by atoms with E-state index in [0.717, 1.165) is 61.6 Å². The van der Waals surface area contributed by atoms with Crippen molar-refractivity contribution in [2.45, 2.75) is 78.7 Å². The van der Waals surface area contributed by atoms with Crippen LogP contribution in [-0.2, 0) is 31.2 Å². The molecule has 3 aliphatic heterocycles. The highest BCUT2D eigenvalue weighted by molar-refractivity contribution is 7.99. The van der Waals surface area contributed by atoms with Gasteiger partial charge in [0.15, 0.2) is 0 Å². The molecule has 5 aromatic carbocycles. The third kappa shape index (κ3) is 15.0. The van der Waals surface area contributed by atoms with Gasteiger partial charge in [-0.05, 0) is 127 Å². The smallest absolute Gasteiger partial charge is 0.380 e. The summed E-state index contributed by atoms with van der Waals surface area (Å²) < 4.78 is 114. The molecule has 4 amide bonds. The van der Waals surface area contributed by atoms with Gasteiger partial charge in [-0.2, -0.15) is 13.2 Å². The third-order valence-electron chi connectivity index (χ3n) is 15.3. The van der Waals surface area contributed by atoms with Crippen molar-refractivity contribution < 1.29 is 48.8 Å². The zero-order valence-electron chi connectivity index (χ0n) is 45.0. The average Bonchev–Trinajstić information content (AvgIpc) is 3.62. The number of rotatable bonds is 19. The zero-order valence-corrected chi connectivity index (χ0v) is 48.2. The first-order valence-electron chi connectivity index (χ1n) is 26.9. The fraction of sp³-hybridized carbons (Fsp3) is 0.397. The Balaban J connectivity index is 0.842. The molecule has 4 aliphatic rings. The lowest BCUT2D eigenvalue weighted by Crippen LogP contribution is -2.50. The summed E-state index contributed by atoms with van der Waals surface area (Å²) >= 11 is 7.61. The highest BCUT2D eigenvalue weighted by atomic mass is 35.5. The van der Waals surface area contributed by atoms with E-state index in [2.05, 4.69) is 56.2 Å². The average molecular weight is 1190 g/mol. The SMILES string of the molecule is CC1(C)CCC(c2ccc(Cl)cc2)=C(CN2CCN(c3ccc(C(=O)NS(=O)(=O)c4ccc(N[C@H](CCN5CCN(Cc6ccc(F)cc6N6CCC(=O)NC6=O)CC5)CSc5ccccc5)c(S(=O)(=O)C(F)(F)F)c4)cc3)CC2)C1. The first-order chi connectivity index (χ1) is 38.5. The van der Waals surface area contributed by atoms with Gasteiger partial charge in [0.2, 0.25) is 5.91 Å². The van der Waals surface area contributed by atoms with Crippen molar-refractivity contribution in [2.24, 2.45) is 5.41 Å². The Morgan fingerprint density at radius 2 is 1.44 bits per heavy atom. The van der Waals surface area contributed by atoms with Crippen LogP contribution >= 0.6 is 23.4 Å². The summed E-state index contributed by atoms with van der Waals surface area (Å²) in [6.07, 6.45) is 3.52. The number of nitrogens with zero attached hydrogens (tertiary/aromatic N) is 5. The molecule has 9 rings (SSSR count). The van der Waals surface area contributed by atoms with Crippen LogP contribution in [0.4, 0.5) is 39.4 Å². The Kier molecular flexibility index (Phi) is 18.6. The molecule has 0 aromatic heterocycles. The number of nitrogens with one attached hydrogen (secondary N) is 3. The lowest BCUT2D eigenvalue weighted by molar-refractivity contribution is -0.120. The predicted octanol–water partition coefficient (Wildman–Crippen LogP) is 9.90. The van der Waals surface area contributed by atoms with Gasteiger partial charge in [0, 0.05) is 118 Å². The number of carbonyl (C=O) groups excluding carboxylic acids is 3. The Morgan fingerprint density at radius 3 is 2.12 bits per heavy atom. The molecule has 0 radical (unpaired) electrons. The summed E-state index contributed by atoms with van der Waals surface area (Å²) in [5, 5.41) is 5.99. The number of benzene rings is 5. The second-order valence-electron chi connectivity index (χ2n) is 21.7. The van der Waals surface area contributed by atoms with Crippen LogP contribution in [0.25, 0.3) is 5.57 Å². The number of urea groups is 1. The van der Waals surface area contributed by atoms with Gasteiger partial charge in [-0.15, -0.1) is 11.8 Å². The number of imide groups is 1. The number of sulfone groups is 1. The molecule has 0 spiro atoms. The van der Waals surface area contributed by atoms with Crippen molar-refractivity contribution >= 4 is 83.7 Å². The maximum absolute atomic E-state index is 14.5. The van der Waals surface area contributed by atoms with Crippen molar-refractivity contribution in [1.82, 2.24) is 24.7 Å². The van der Waals surface area contributed by atoms with Crippen molar-refractivity contribution in [3.8, 4) is 0 Å². The second kappa shape index (κ2) is 25.2. The van der Waals surface area contributed by atoms with Gasteiger partial charge < -0.3 is 15.1 Å². The fourth-order valence-electron chi connectivity index (χ4n) is 10.8. The molecule has 0 unspecified atom stereocenters. The Bertz CT molecular complexity index is 3360. The summed E-state index contributed by atoms with van der Waals surface area (Å²) in [6.45, 7) is 11.7. The summed E-state index contributed by atoms with van der Waals surface area (Å²) in [5.74, 6) is -1.71. The van der Waals surface area contributed by atoms with Crippen molar-refractivity contribution in [2.75, 3.05) is 92.9 Å². The molecule has 432 valence electrons. The number of amides is 4. The second-order valence-corrected chi connectivity index (χ2v) is 26.8. The van der Waals surface area contributed by atoms with Crippen LogP contribution in [-0.4, -0.2) is 139 Å². The lowest BCUT2D eigenvalue weighted by atomic mass is 9.73. The van der Waals surface area contributed by atoms with Crippen molar-refractivity contribution in [3.63, 3.8) is 0 Å². The molecular weight excluding hydrogens is 1130 g/mol. The predicted molar refractivity (Wildman–Crippen MR) is 308 cm³/mol. The van der Waals surface area contributed by atoms with Gasteiger partial charge in [-0.25, -0.2) is 30.7 Å². The molecule has 1 aliphatic carbocycles. The van der Waals surface area contributed by atoms with E-state index in [1.165, 1.54) is 57.6 Å². The van der Waals surface area contributed by atoms with Crippen LogP contribution in [0.15, 0.2) is 136 Å². The Hall–Kier alpha value is -6.01. The number of piperazine rings is 2. The van der Waals surface area contributed by atoms with Crippen LogP contribution in [0.3, 0.4) is 0 Å². The zero-order chi connectivity index (χ0) is 57.7. The number of halogens is 5. The molecule has 3 saturated heterocycles. The summed E-state index contributed by atoms with van der Waals surface area (Å²) in [6, 6.07) is 28.9. The van der Waals surface area contributed by atoms with Gasteiger partial charge in [0.1, 0.15) is 10.7 Å². The third-order valence-corrected chi connectivity index (χ3v) is 19.6. The van der Waals surface area contributed by atoms with Crippen molar-refractivity contribution in [1.29, 1.82) is 0 Å². The van der Waals surface area contributed by atoms with E-state index in [0.29, 0.717) is 81.1 Å². The van der Waals surface area contributed by atoms with Gasteiger partial charge >= 0.3 is 11.5 Å². The number of hydrogen-bond acceptors (Lipinski definition) is 13. The summed E-state index contributed by atoms with van der Waals surface area (Å²) in [4.78, 5) is 46.9. The monoisotopic (exact) mass is 1190 g/mol. The van der Waals surface area contributed by atoms with E-state index in [1.807, 2.05) is 47.2 Å². The van der Waals surface area contributed by atoms with E-state index >= 15 is 0 Å². The van der Waals surface area contributed by atoms with Crippen molar-refractivity contribution in [3.05, 3.63) is 148 Å². The number of alkyl halides is 3. The topological polar surface area (TPSA) is 172 Å². The molecule has 5 aromatic rings. The van der Waals surface area contributed by atoms with E-state index in [9.17, 15) is 48.8 Å². The molecule has 23 heteroatoms. The first kappa shape index (κ1) is 59.6. The standard InChI is InChI=1S/C58H65ClF4N8O7S3/c1-57(2)23-20-50(40-8-13-44(59)14-9-40)43(36-57)38-69-30-32-70(33-31-69)47-16-11-41(12-17-47)55(73)66-81(77,78)49-18-19-51(53(35-49)80(75,76)58(61,62)63)64-46(39-79-48-6-4-3-5-7-48)21-24-67-26-28-68(29-27-67)37-42-10-15-45(60)34-52(42)71-25-22-54(72)65-56(71)74/h3-19,34-35,46,64H,20-33,36-39H2,1-2H3,(H,66,73)(H,65,72,74)/t46-/m1/s1. The summed E-state index contributed by atoms with van der Waals surface area (Å²) in [7, 11) is -11.1. The minimum absolute atomic E-state index is 0.0332. The van der Waals surface area contributed by atoms with Gasteiger partial charge in [-0.3, -0.25) is 29.6 Å². The Labute approximate surface area is 480 Å². The number of sulfonamides is 1. The van der Waals surface area contributed by atoms with Crippen LogP contribution in [0, 0.1) is 11.2 Å². The highest BCUT2D eigenvalue weighted by Crippen LogP contribution is 2.43. The molecule has 3 heterocycles. The minimum Gasteiger partial charge on any atom is -0.380 e. The molecule has 0 saturated carbocycles. The molecule has 15 nitrogen and oxygen atoms in total. The van der Waals surface area contributed by atoms with Gasteiger partial charge in [0.25, 0.3) is 25.8 Å². The van der Waals surface area contributed by atoms with E-state index in [1.54, 1.807) is 18.2 Å². The first-order valence-corrected chi connectivity index (χ1v) is 31.2. The Morgan fingerprint density at radius 1 is 0.778 bits per heavy atom. The number of carbonyl (C=O) groups is 3. The molecule has 3 fully saturated rings. The lowest BCUT2D eigenvalue weighted by Gasteiger charge is -2.39. The van der Waals surface area contributed by atoms with E-state index in [-0.39, 0.29) is 29.7 Å². The summed E-state index contributed by atoms with van der Waals surface area (Å²) in [5.41, 5.74) is -0.199. The molecule has 0 bridgehead atoms. The van der Waals surface area contributed by atoms with Gasteiger partial charge in [-0.1, -0.05) is 67.4 Å². The number of thioether (sulfide) groups is 1. The van der Waals surface area contributed by atoms with Crippen LogP contribution in [0.2, 0.25) is 5.02 Å².